The number of aromatic nitrogens is 1. The quantitative estimate of drug-likeness (QED) is 0.530. The van der Waals surface area contributed by atoms with Crippen molar-refractivity contribution in [2.75, 3.05) is 20.0 Å². The van der Waals surface area contributed by atoms with Crippen LogP contribution in [-0.4, -0.2) is 51.3 Å². The third-order valence-electron chi connectivity index (χ3n) is 3.56. The number of pyridine rings is 1. The maximum atomic E-state index is 12.4. The molecule has 9 heteroatoms. The Hall–Kier alpha value is -2.78. The maximum absolute atomic E-state index is 12.4. The van der Waals surface area contributed by atoms with Crippen molar-refractivity contribution >= 4 is 22.0 Å². The standard InChI is InChI=1S/C18H20N2O6S/c1-25-18(22)14-8-9-16(19-11-14)17(21)20-15(12-26-27(2,23)24)10-13-6-4-3-5-7-13/h3-9,11,15H,10,12H2,1-2H3,(H,20,21)/t15-/m0/s1. The van der Waals surface area contributed by atoms with E-state index < -0.39 is 28.0 Å². The lowest BCUT2D eigenvalue weighted by molar-refractivity contribution is 0.0599. The Morgan fingerprint density at radius 3 is 2.41 bits per heavy atom. The van der Waals surface area contributed by atoms with Gasteiger partial charge in [-0.1, -0.05) is 30.3 Å². The van der Waals surface area contributed by atoms with Crippen LogP contribution in [0, 0.1) is 0 Å². The van der Waals surface area contributed by atoms with E-state index in [1.165, 1.54) is 25.4 Å². The molecule has 1 aromatic heterocycles. The second kappa shape index (κ2) is 9.24. The maximum Gasteiger partial charge on any atom is 0.339 e. The van der Waals surface area contributed by atoms with Crippen molar-refractivity contribution in [3.8, 4) is 0 Å². The molecule has 144 valence electrons. The predicted molar refractivity (Wildman–Crippen MR) is 97.8 cm³/mol. The number of carbonyl (C=O) groups excluding carboxylic acids is 2. The molecule has 1 N–H and O–H groups in total. The molecule has 0 saturated carbocycles. The van der Waals surface area contributed by atoms with Crippen LogP contribution in [0.15, 0.2) is 48.7 Å². The Morgan fingerprint density at radius 1 is 1.15 bits per heavy atom. The molecule has 0 fully saturated rings. The van der Waals surface area contributed by atoms with Crippen molar-refractivity contribution in [2.24, 2.45) is 0 Å². The number of rotatable bonds is 8. The highest BCUT2D eigenvalue weighted by Gasteiger charge is 2.18. The number of hydrogen-bond donors (Lipinski definition) is 1. The summed E-state index contributed by atoms with van der Waals surface area (Å²) in [6, 6.07) is 11.5. The van der Waals surface area contributed by atoms with E-state index in [0.29, 0.717) is 6.42 Å². The average molecular weight is 392 g/mol. The highest BCUT2D eigenvalue weighted by molar-refractivity contribution is 7.85. The number of methoxy groups -OCH3 is 1. The molecule has 0 aliphatic heterocycles. The van der Waals surface area contributed by atoms with E-state index in [-0.39, 0.29) is 17.9 Å². The van der Waals surface area contributed by atoms with Gasteiger partial charge in [0.05, 0.1) is 31.6 Å². The summed E-state index contributed by atoms with van der Waals surface area (Å²) in [6.07, 6.45) is 2.56. The van der Waals surface area contributed by atoms with E-state index in [1.54, 1.807) is 0 Å². The summed E-state index contributed by atoms with van der Waals surface area (Å²) in [6.45, 7) is -0.209. The Bertz CT molecular complexity index is 882. The number of nitrogens with one attached hydrogen (secondary N) is 1. The summed E-state index contributed by atoms with van der Waals surface area (Å²) in [5.41, 5.74) is 1.21. The van der Waals surface area contributed by atoms with Gasteiger partial charge >= 0.3 is 5.97 Å². The Kier molecular flexibility index (Phi) is 7.03. The molecule has 0 aliphatic carbocycles. The van der Waals surface area contributed by atoms with Crippen LogP contribution in [0.5, 0.6) is 0 Å². The molecule has 0 aliphatic rings. The molecule has 1 amide bonds. The molecule has 27 heavy (non-hydrogen) atoms. The monoisotopic (exact) mass is 392 g/mol. The first-order valence-electron chi connectivity index (χ1n) is 8.02. The molecule has 0 spiro atoms. The zero-order valence-corrected chi connectivity index (χ0v) is 15.7. The minimum absolute atomic E-state index is 0.0834. The summed E-state index contributed by atoms with van der Waals surface area (Å²) in [5.74, 6) is -1.07. The van der Waals surface area contributed by atoms with Crippen molar-refractivity contribution in [2.45, 2.75) is 12.5 Å². The minimum atomic E-state index is -3.65. The largest absolute Gasteiger partial charge is 0.465 e. The lowest BCUT2D eigenvalue weighted by Gasteiger charge is -2.18. The zero-order valence-electron chi connectivity index (χ0n) is 14.9. The van der Waals surface area contributed by atoms with Crippen LogP contribution < -0.4 is 5.32 Å². The van der Waals surface area contributed by atoms with Crippen LogP contribution in [0.25, 0.3) is 0 Å². The van der Waals surface area contributed by atoms with Crippen LogP contribution in [0.4, 0.5) is 0 Å². The molecule has 2 rings (SSSR count). The molecule has 0 saturated heterocycles. The lowest BCUT2D eigenvalue weighted by Crippen LogP contribution is -2.40. The number of nitrogens with zero attached hydrogens (tertiary/aromatic N) is 1. The molecule has 2 aromatic rings. The van der Waals surface area contributed by atoms with Gasteiger partial charge in [-0.15, -0.1) is 0 Å². The summed E-state index contributed by atoms with van der Waals surface area (Å²) >= 11 is 0. The number of hydrogen-bond acceptors (Lipinski definition) is 7. The smallest absolute Gasteiger partial charge is 0.339 e. The molecule has 8 nitrogen and oxygen atoms in total. The number of carbonyl (C=O) groups is 2. The van der Waals surface area contributed by atoms with Gasteiger partial charge in [-0.25, -0.2) is 4.79 Å². The van der Waals surface area contributed by atoms with Gasteiger partial charge in [-0.05, 0) is 24.1 Å². The summed E-state index contributed by atoms with van der Waals surface area (Å²) in [7, 11) is -2.40. The van der Waals surface area contributed by atoms with Gasteiger partial charge in [0.2, 0.25) is 0 Å². The van der Waals surface area contributed by atoms with Crippen molar-refractivity contribution < 1.29 is 26.9 Å². The van der Waals surface area contributed by atoms with Gasteiger partial charge < -0.3 is 10.1 Å². The van der Waals surface area contributed by atoms with Gasteiger partial charge in [0.1, 0.15) is 5.69 Å². The van der Waals surface area contributed by atoms with Gasteiger partial charge in [-0.3, -0.25) is 14.0 Å². The van der Waals surface area contributed by atoms with Crippen molar-refractivity contribution in [3.63, 3.8) is 0 Å². The third kappa shape index (κ3) is 6.80. The second-order valence-electron chi connectivity index (χ2n) is 5.77. The Morgan fingerprint density at radius 2 is 1.85 bits per heavy atom. The number of esters is 1. The zero-order chi connectivity index (χ0) is 19.9. The Balaban J connectivity index is 2.10. The normalized spacial score (nSPS) is 12.2. The lowest BCUT2D eigenvalue weighted by atomic mass is 10.1. The fourth-order valence-electron chi connectivity index (χ4n) is 2.28. The number of amides is 1. The molecular formula is C18H20N2O6S. The van der Waals surface area contributed by atoms with E-state index in [9.17, 15) is 18.0 Å². The summed E-state index contributed by atoms with van der Waals surface area (Å²) < 4.78 is 32.0. The van der Waals surface area contributed by atoms with Gasteiger partial charge in [0.25, 0.3) is 16.0 Å². The van der Waals surface area contributed by atoms with Crippen molar-refractivity contribution in [1.29, 1.82) is 0 Å². The van der Waals surface area contributed by atoms with E-state index in [0.717, 1.165) is 11.8 Å². The first-order valence-corrected chi connectivity index (χ1v) is 9.83. The highest BCUT2D eigenvalue weighted by Crippen LogP contribution is 2.07. The molecular weight excluding hydrogens is 372 g/mol. The minimum Gasteiger partial charge on any atom is -0.465 e. The third-order valence-corrected chi connectivity index (χ3v) is 4.12. The number of benzene rings is 1. The average Bonchev–Trinajstić information content (AvgIpc) is 2.65. The van der Waals surface area contributed by atoms with Crippen LogP contribution in [0.3, 0.4) is 0 Å². The SMILES string of the molecule is COC(=O)c1ccc(C(=O)N[C@H](COS(C)(=O)=O)Cc2ccccc2)nc1. The Labute approximate surface area is 157 Å². The first kappa shape index (κ1) is 20.5. The van der Waals surface area contributed by atoms with Gasteiger partial charge in [0, 0.05) is 6.20 Å². The van der Waals surface area contributed by atoms with E-state index in [4.69, 9.17) is 4.18 Å². The van der Waals surface area contributed by atoms with Crippen LogP contribution in [-0.2, 0) is 25.5 Å². The molecule has 1 atom stereocenters. The second-order valence-corrected chi connectivity index (χ2v) is 7.42. The predicted octanol–water partition coefficient (Wildman–Crippen LogP) is 1.19. The van der Waals surface area contributed by atoms with Crippen LogP contribution in [0.2, 0.25) is 0 Å². The molecule has 0 unspecified atom stereocenters. The van der Waals surface area contributed by atoms with E-state index in [1.807, 2.05) is 30.3 Å². The molecule has 0 bridgehead atoms. The summed E-state index contributed by atoms with van der Waals surface area (Å²) in [4.78, 5) is 27.8. The van der Waals surface area contributed by atoms with E-state index in [2.05, 4.69) is 15.0 Å². The van der Waals surface area contributed by atoms with E-state index >= 15 is 0 Å². The molecule has 0 radical (unpaired) electrons. The molecule has 1 heterocycles. The van der Waals surface area contributed by atoms with Crippen LogP contribution >= 0.6 is 0 Å². The molecule has 1 aromatic carbocycles. The fourth-order valence-corrected chi connectivity index (χ4v) is 2.69. The summed E-state index contributed by atoms with van der Waals surface area (Å²) in [5, 5.41) is 2.71. The van der Waals surface area contributed by atoms with Crippen molar-refractivity contribution in [1.82, 2.24) is 10.3 Å². The van der Waals surface area contributed by atoms with Gasteiger partial charge in [-0.2, -0.15) is 8.42 Å². The van der Waals surface area contributed by atoms with Gasteiger partial charge in [0.15, 0.2) is 0 Å². The number of ether oxygens (including phenoxy) is 1. The first-order chi connectivity index (χ1) is 12.8. The fraction of sp³-hybridized carbons (Fsp3) is 0.278. The van der Waals surface area contributed by atoms with Crippen molar-refractivity contribution in [3.05, 3.63) is 65.5 Å². The highest BCUT2D eigenvalue weighted by atomic mass is 32.2. The van der Waals surface area contributed by atoms with Crippen LogP contribution in [0.1, 0.15) is 26.4 Å². The topological polar surface area (TPSA) is 112 Å².